The highest BCUT2D eigenvalue weighted by Gasteiger charge is 2.24. The number of urea groups is 1. The van der Waals surface area contributed by atoms with Crippen molar-refractivity contribution in [3.05, 3.63) is 35.6 Å². The molecule has 6 heteroatoms. The highest BCUT2D eigenvalue weighted by atomic mass is 19.1. The molecule has 22 heavy (non-hydrogen) atoms. The summed E-state index contributed by atoms with van der Waals surface area (Å²) >= 11 is 0. The van der Waals surface area contributed by atoms with E-state index >= 15 is 0 Å². The summed E-state index contributed by atoms with van der Waals surface area (Å²) < 4.78 is 18.3. The maximum atomic E-state index is 12.9. The zero-order valence-corrected chi connectivity index (χ0v) is 13.4. The number of rotatable bonds is 8. The quantitative estimate of drug-likeness (QED) is 0.690. The Bertz CT molecular complexity index is 467. The van der Waals surface area contributed by atoms with Crippen LogP contribution in [0.5, 0.6) is 0 Å². The van der Waals surface area contributed by atoms with Crippen molar-refractivity contribution < 1.29 is 19.0 Å². The molecule has 1 rings (SSSR count). The smallest absolute Gasteiger partial charge is 0.315 e. The lowest BCUT2D eigenvalue weighted by atomic mass is 9.95. The molecule has 1 aromatic rings. The van der Waals surface area contributed by atoms with Gasteiger partial charge in [-0.2, -0.15) is 0 Å². The molecule has 0 aliphatic rings. The van der Waals surface area contributed by atoms with Crippen LogP contribution in [-0.2, 0) is 4.74 Å². The van der Waals surface area contributed by atoms with Gasteiger partial charge in [0, 0.05) is 25.8 Å². The summed E-state index contributed by atoms with van der Waals surface area (Å²) in [7, 11) is 1.54. The van der Waals surface area contributed by atoms with Gasteiger partial charge < -0.3 is 20.5 Å². The molecular formula is C16H25FN2O3. The third kappa shape index (κ3) is 5.61. The molecule has 0 radical (unpaired) electrons. The number of nitrogens with one attached hydrogen (secondary N) is 2. The van der Waals surface area contributed by atoms with E-state index < -0.39 is 5.54 Å². The number of carbonyl (C=O) groups is 1. The first kappa shape index (κ1) is 18.4. The van der Waals surface area contributed by atoms with E-state index in [4.69, 9.17) is 9.84 Å². The van der Waals surface area contributed by atoms with Crippen LogP contribution in [0.3, 0.4) is 0 Å². The van der Waals surface area contributed by atoms with Gasteiger partial charge in [0.25, 0.3) is 0 Å². The molecule has 5 nitrogen and oxygen atoms in total. The third-order valence-electron chi connectivity index (χ3n) is 3.83. The van der Waals surface area contributed by atoms with Crippen LogP contribution in [0.15, 0.2) is 24.3 Å². The first-order valence-corrected chi connectivity index (χ1v) is 7.39. The standard InChI is InChI=1S/C16H25FN2O3/c1-4-16(2,9-10-20)19-15(21)18-11-14(22-3)12-5-7-13(17)8-6-12/h5-8,14,20H,4,9-11H2,1-3H3,(H2,18,19,21). The summed E-state index contributed by atoms with van der Waals surface area (Å²) in [6, 6.07) is 5.66. The van der Waals surface area contributed by atoms with Gasteiger partial charge in [-0.25, -0.2) is 9.18 Å². The third-order valence-corrected chi connectivity index (χ3v) is 3.83. The van der Waals surface area contributed by atoms with Gasteiger partial charge in [-0.3, -0.25) is 0 Å². The molecule has 0 saturated heterocycles. The van der Waals surface area contributed by atoms with Crippen molar-refractivity contribution >= 4 is 6.03 Å². The maximum Gasteiger partial charge on any atom is 0.315 e. The van der Waals surface area contributed by atoms with Crippen LogP contribution >= 0.6 is 0 Å². The van der Waals surface area contributed by atoms with Crippen molar-refractivity contribution in [3.8, 4) is 0 Å². The predicted octanol–water partition coefficient (Wildman–Crippen LogP) is 2.36. The van der Waals surface area contributed by atoms with Crippen LogP contribution in [0.1, 0.15) is 38.4 Å². The number of aliphatic hydroxyl groups is 1. The zero-order chi connectivity index (χ0) is 16.6. The van der Waals surface area contributed by atoms with Gasteiger partial charge in [0.15, 0.2) is 0 Å². The van der Waals surface area contributed by atoms with E-state index in [-0.39, 0.29) is 31.1 Å². The maximum absolute atomic E-state index is 12.9. The van der Waals surface area contributed by atoms with E-state index in [0.717, 1.165) is 5.56 Å². The summed E-state index contributed by atoms with van der Waals surface area (Å²) in [5.41, 5.74) is 0.342. The minimum atomic E-state index is -0.447. The van der Waals surface area contributed by atoms with E-state index in [1.165, 1.54) is 19.2 Å². The largest absolute Gasteiger partial charge is 0.396 e. The Kier molecular flexibility index (Phi) is 7.27. The molecule has 0 aliphatic heterocycles. The second-order valence-electron chi connectivity index (χ2n) is 5.50. The van der Waals surface area contributed by atoms with Gasteiger partial charge in [0.05, 0.1) is 6.10 Å². The van der Waals surface area contributed by atoms with E-state index in [1.807, 2.05) is 13.8 Å². The topological polar surface area (TPSA) is 70.6 Å². The van der Waals surface area contributed by atoms with E-state index in [9.17, 15) is 9.18 Å². The number of aliphatic hydroxyl groups excluding tert-OH is 1. The molecule has 2 amide bonds. The minimum Gasteiger partial charge on any atom is -0.396 e. The van der Waals surface area contributed by atoms with Gasteiger partial charge in [-0.1, -0.05) is 19.1 Å². The molecule has 2 unspecified atom stereocenters. The molecule has 0 bridgehead atoms. The Hall–Kier alpha value is -1.66. The van der Waals surface area contributed by atoms with Gasteiger partial charge >= 0.3 is 6.03 Å². The number of hydrogen-bond acceptors (Lipinski definition) is 3. The minimum absolute atomic E-state index is 0.0148. The summed E-state index contributed by atoms with van der Waals surface area (Å²) in [4.78, 5) is 12.0. The van der Waals surface area contributed by atoms with Crippen molar-refractivity contribution in [1.82, 2.24) is 10.6 Å². The average Bonchev–Trinajstić information content (AvgIpc) is 2.49. The van der Waals surface area contributed by atoms with Gasteiger partial charge in [0.2, 0.25) is 0 Å². The molecular weight excluding hydrogens is 287 g/mol. The first-order valence-electron chi connectivity index (χ1n) is 7.39. The first-order chi connectivity index (χ1) is 10.4. The molecule has 0 saturated carbocycles. The van der Waals surface area contributed by atoms with Crippen molar-refractivity contribution in [2.45, 2.75) is 38.3 Å². The Morgan fingerprint density at radius 2 is 2.05 bits per heavy atom. The second kappa shape index (κ2) is 8.70. The number of methoxy groups -OCH3 is 1. The number of benzene rings is 1. The van der Waals surface area contributed by atoms with Crippen LogP contribution in [-0.4, -0.2) is 36.9 Å². The van der Waals surface area contributed by atoms with Gasteiger partial charge in [-0.15, -0.1) is 0 Å². The number of ether oxygens (including phenoxy) is 1. The Balaban J connectivity index is 2.55. The van der Waals surface area contributed by atoms with E-state index in [0.29, 0.717) is 12.8 Å². The fourth-order valence-electron chi connectivity index (χ4n) is 2.09. The Morgan fingerprint density at radius 1 is 1.41 bits per heavy atom. The Labute approximate surface area is 130 Å². The van der Waals surface area contributed by atoms with Crippen molar-refractivity contribution in [2.75, 3.05) is 20.3 Å². The van der Waals surface area contributed by atoms with Crippen LogP contribution in [0.4, 0.5) is 9.18 Å². The van der Waals surface area contributed by atoms with Crippen LogP contribution in [0.25, 0.3) is 0 Å². The van der Waals surface area contributed by atoms with Gasteiger partial charge in [0.1, 0.15) is 5.82 Å². The molecule has 1 aromatic carbocycles. The Morgan fingerprint density at radius 3 is 2.55 bits per heavy atom. The predicted molar refractivity (Wildman–Crippen MR) is 83.1 cm³/mol. The number of halogens is 1. The lowest BCUT2D eigenvalue weighted by Crippen LogP contribution is -2.51. The van der Waals surface area contributed by atoms with E-state index in [2.05, 4.69) is 10.6 Å². The normalized spacial score (nSPS) is 15.0. The summed E-state index contributed by atoms with van der Waals surface area (Å²) in [5.74, 6) is -0.313. The number of hydrogen-bond donors (Lipinski definition) is 3. The monoisotopic (exact) mass is 312 g/mol. The van der Waals surface area contributed by atoms with Crippen molar-refractivity contribution in [3.63, 3.8) is 0 Å². The lowest BCUT2D eigenvalue weighted by Gasteiger charge is -2.29. The number of carbonyl (C=O) groups excluding carboxylic acids is 1. The molecule has 0 heterocycles. The zero-order valence-electron chi connectivity index (χ0n) is 13.4. The highest BCUT2D eigenvalue weighted by molar-refractivity contribution is 5.74. The molecule has 124 valence electrons. The highest BCUT2D eigenvalue weighted by Crippen LogP contribution is 2.17. The van der Waals surface area contributed by atoms with Crippen LogP contribution in [0.2, 0.25) is 0 Å². The van der Waals surface area contributed by atoms with Crippen molar-refractivity contribution in [2.24, 2.45) is 0 Å². The van der Waals surface area contributed by atoms with Gasteiger partial charge in [-0.05, 0) is 37.5 Å². The molecule has 2 atom stereocenters. The molecule has 3 N–H and O–H groups in total. The summed E-state index contributed by atoms with van der Waals surface area (Å²) in [6.45, 7) is 4.12. The van der Waals surface area contributed by atoms with Crippen LogP contribution < -0.4 is 10.6 Å². The lowest BCUT2D eigenvalue weighted by molar-refractivity contribution is 0.103. The fraction of sp³-hybridized carbons (Fsp3) is 0.562. The molecule has 0 spiro atoms. The summed E-state index contributed by atoms with van der Waals surface area (Å²) in [5, 5.41) is 14.7. The fourth-order valence-corrected chi connectivity index (χ4v) is 2.09. The number of amides is 2. The summed E-state index contributed by atoms with van der Waals surface area (Å²) in [6.07, 6.45) is 0.854. The molecule has 0 aliphatic carbocycles. The molecule has 0 fully saturated rings. The SMILES string of the molecule is CCC(C)(CCO)NC(=O)NCC(OC)c1ccc(F)cc1. The average molecular weight is 312 g/mol. The van der Waals surface area contributed by atoms with E-state index in [1.54, 1.807) is 12.1 Å². The van der Waals surface area contributed by atoms with Crippen LogP contribution in [0, 0.1) is 5.82 Å². The van der Waals surface area contributed by atoms with Crippen molar-refractivity contribution in [1.29, 1.82) is 0 Å². The second-order valence-corrected chi connectivity index (χ2v) is 5.50. The molecule has 0 aromatic heterocycles.